The van der Waals surface area contributed by atoms with Gasteiger partial charge in [0.2, 0.25) is 5.13 Å². The van der Waals surface area contributed by atoms with Gasteiger partial charge in [-0.15, -0.1) is 10.2 Å². The standard InChI is InChI=1S/C15H19N3O2S/c1-15(2,3)11-7-5-10(6-8-11)13(19)16-14-18-17-12(21-14)9-20-4/h5-8H,9H2,1-4H3,(H,16,18,19). The first-order chi connectivity index (χ1) is 9.90. The summed E-state index contributed by atoms with van der Waals surface area (Å²) in [4.78, 5) is 12.1. The first kappa shape index (κ1) is 15.6. The van der Waals surface area contributed by atoms with E-state index in [0.29, 0.717) is 17.3 Å². The fraction of sp³-hybridized carbons (Fsp3) is 0.400. The molecule has 1 heterocycles. The van der Waals surface area contributed by atoms with Crippen molar-refractivity contribution in [2.75, 3.05) is 12.4 Å². The van der Waals surface area contributed by atoms with Gasteiger partial charge >= 0.3 is 0 Å². The topological polar surface area (TPSA) is 64.1 Å². The fourth-order valence-corrected chi connectivity index (χ4v) is 2.48. The Bertz CT molecular complexity index is 615. The normalized spacial score (nSPS) is 11.4. The molecule has 5 nitrogen and oxygen atoms in total. The van der Waals surface area contributed by atoms with Gasteiger partial charge in [0.25, 0.3) is 5.91 Å². The molecule has 112 valence electrons. The average molecular weight is 305 g/mol. The maximum absolute atomic E-state index is 12.1. The number of methoxy groups -OCH3 is 1. The number of nitrogens with one attached hydrogen (secondary N) is 1. The molecule has 0 aliphatic heterocycles. The van der Waals surface area contributed by atoms with E-state index in [9.17, 15) is 4.79 Å². The Balaban J connectivity index is 2.06. The van der Waals surface area contributed by atoms with Crippen LogP contribution in [0.5, 0.6) is 0 Å². The number of nitrogens with zero attached hydrogens (tertiary/aromatic N) is 2. The van der Waals surface area contributed by atoms with Crippen LogP contribution in [0.2, 0.25) is 0 Å². The minimum Gasteiger partial charge on any atom is -0.377 e. The molecule has 21 heavy (non-hydrogen) atoms. The van der Waals surface area contributed by atoms with E-state index in [4.69, 9.17) is 4.74 Å². The molecule has 2 rings (SSSR count). The third-order valence-electron chi connectivity index (χ3n) is 2.97. The number of hydrogen-bond acceptors (Lipinski definition) is 5. The first-order valence-electron chi connectivity index (χ1n) is 6.63. The second-order valence-corrected chi connectivity index (χ2v) is 6.78. The van der Waals surface area contributed by atoms with Gasteiger partial charge in [-0.2, -0.15) is 0 Å². The van der Waals surface area contributed by atoms with Crippen LogP contribution in [0.4, 0.5) is 5.13 Å². The molecular formula is C15H19N3O2S. The number of carbonyl (C=O) groups is 1. The van der Waals surface area contributed by atoms with E-state index >= 15 is 0 Å². The van der Waals surface area contributed by atoms with Gasteiger partial charge in [-0.25, -0.2) is 0 Å². The van der Waals surface area contributed by atoms with Crippen LogP contribution in [-0.4, -0.2) is 23.2 Å². The van der Waals surface area contributed by atoms with Crippen LogP contribution in [0.1, 0.15) is 41.7 Å². The number of hydrogen-bond donors (Lipinski definition) is 1. The molecule has 0 spiro atoms. The van der Waals surface area contributed by atoms with Crippen LogP contribution in [0.25, 0.3) is 0 Å². The van der Waals surface area contributed by atoms with Crippen molar-refractivity contribution in [3.8, 4) is 0 Å². The summed E-state index contributed by atoms with van der Waals surface area (Å²) >= 11 is 1.31. The second kappa shape index (κ2) is 6.32. The lowest BCUT2D eigenvalue weighted by atomic mass is 9.87. The summed E-state index contributed by atoms with van der Waals surface area (Å²) in [6, 6.07) is 7.61. The quantitative estimate of drug-likeness (QED) is 0.942. The van der Waals surface area contributed by atoms with Gasteiger partial charge in [-0.3, -0.25) is 10.1 Å². The maximum Gasteiger partial charge on any atom is 0.257 e. The summed E-state index contributed by atoms with van der Waals surface area (Å²) in [6.07, 6.45) is 0. The van der Waals surface area contributed by atoms with Gasteiger partial charge in [0.15, 0.2) is 0 Å². The van der Waals surface area contributed by atoms with Gasteiger partial charge in [-0.1, -0.05) is 44.2 Å². The zero-order valence-corrected chi connectivity index (χ0v) is 13.5. The van der Waals surface area contributed by atoms with Crippen molar-refractivity contribution in [2.24, 2.45) is 0 Å². The minimum absolute atomic E-state index is 0.0727. The molecule has 0 saturated carbocycles. The SMILES string of the molecule is COCc1nnc(NC(=O)c2ccc(C(C)(C)C)cc2)s1. The number of amides is 1. The number of ether oxygens (including phenoxy) is 1. The van der Waals surface area contributed by atoms with Gasteiger partial charge in [0, 0.05) is 12.7 Å². The van der Waals surface area contributed by atoms with Crippen molar-refractivity contribution in [2.45, 2.75) is 32.8 Å². The molecule has 1 aromatic carbocycles. The van der Waals surface area contributed by atoms with Crippen molar-refractivity contribution in [1.29, 1.82) is 0 Å². The molecule has 1 aromatic heterocycles. The fourth-order valence-electron chi connectivity index (χ4n) is 1.78. The molecule has 0 fully saturated rings. The lowest BCUT2D eigenvalue weighted by Gasteiger charge is -2.18. The average Bonchev–Trinajstić information content (AvgIpc) is 2.86. The predicted octanol–water partition coefficient (Wildman–Crippen LogP) is 3.23. The molecule has 1 amide bonds. The van der Waals surface area contributed by atoms with E-state index in [-0.39, 0.29) is 11.3 Å². The summed E-state index contributed by atoms with van der Waals surface area (Å²) < 4.78 is 4.97. The Hall–Kier alpha value is -1.79. The van der Waals surface area contributed by atoms with Crippen LogP contribution in [0.15, 0.2) is 24.3 Å². The Morgan fingerprint density at radius 3 is 2.48 bits per heavy atom. The molecule has 6 heteroatoms. The van der Waals surface area contributed by atoms with Crippen molar-refractivity contribution in [1.82, 2.24) is 10.2 Å². The maximum atomic E-state index is 12.1. The molecule has 0 aliphatic carbocycles. The van der Waals surface area contributed by atoms with Crippen LogP contribution in [-0.2, 0) is 16.8 Å². The summed E-state index contributed by atoms with van der Waals surface area (Å²) in [6.45, 7) is 6.82. The highest BCUT2D eigenvalue weighted by molar-refractivity contribution is 7.15. The molecule has 0 aliphatic rings. The van der Waals surface area contributed by atoms with Crippen molar-refractivity contribution >= 4 is 22.4 Å². The summed E-state index contributed by atoms with van der Waals surface area (Å²) in [5.41, 5.74) is 1.87. The number of aromatic nitrogens is 2. The molecule has 2 aromatic rings. The highest BCUT2D eigenvalue weighted by Gasteiger charge is 2.15. The van der Waals surface area contributed by atoms with E-state index in [2.05, 4.69) is 36.3 Å². The third kappa shape index (κ3) is 4.09. The summed E-state index contributed by atoms with van der Waals surface area (Å²) in [7, 11) is 1.59. The lowest BCUT2D eigenvalue weighted by molar-refractivity contribution is 0.102. The Morgan fingerprint density at radius 1 is 1.24 bits per heavy atom. The summed E-state index contributed by atoms with van der Waals surface area (Å²) in [5.74, 6) is -0.185. The monoisotopic (exact) mass is 305 g/mol. The Morgan fingerprint density at radius 2 is 1.90 bits per heavy atom. The van der Waals surface area contributed by atoms with Crippen molar-refractivity contribution in [3.05, 3.63) is 40.4 Å². The first-order valence-corrected chi connectivity index (χ1v) is 7.45. The minimum atomic E-state index is -0.185. The number of anilines is 1. The Labute approximate surface area is 128 Å². The van der Waals surface area contributed by atoms with Gasteiger partial charge in [0.1, 0.15) is 11.6 Å². The smallest absolute Gasteiger partial charge is 0.257 e. The molecular weight excluding hydrogens is 286 g/mol. The van der Waals surface area contributed by atoms with Gasteiger partial charge < -0.3 is 4.74 Å². The van der Waals surface area contributed by atoms with Crippen LogP contribution in [0, 0.1) is 0 Å². The Kier molecular flexibility index (Phi) is 4.69. The highest BCUT2D eigenvalue weighted by atomic mass is 32.1. The van der Waals surface area contributed by atoms with Crippen molar-refractivity contribution < 1.29 is 9.53 Å². The van der Waals surface area contributed by atoms with E-state index in [1.165, 1.54) is 16.9 Å². The van der Waals surface area contributed by atoms with Crippen LogP contribution >= 0.6 is 11.3 Å². The van der Waals surface area contributed by atoms with E-state index in [0.717, 1.165) is 5.01 Å². The number of rotatable bonds is 4. The van der Waals surface area contributed by atoms with Crippen molar-refractivity contribution in [3.63, 3.8) is 0 Å². The van der Waals surface area contributed by atoms with E-state index in [1.807, 2.05) is 24.3 Å². The molecule has 1 N–H and O–H groups in total. The van der Waals surface area contributed by atoms with E-state index in [1.54, 1.807) is 7.11 Å². The number of carbonyl (C=O) groups excluding carboxylic acids is 1. The number of benzene rings is 1. The molecule has 0 radical (unpaired) electrons. The highest BCUT2D eigenvalue weighted by Crippen LogP contribution is 2.23. The molecule has 0 atom stereocenters. The molecule has 0 bridgehead atoms. The lowest BCUT2D eigenvalue weighted by Crippen LogP contribution is -2.14. The van der Waals surface area contributed by atoms with Crippen LogP contribution in [0.3, 0.4) is 0 Å². The molecule has 0 saturated heterocycles. The van der Waals surface area contributed by atoms with E-state index < -0.39 is 0 Å². The van der Waals surface area contributed by atoms with Gasteiger partial charge in [0.05, 0.1) is 0 Å². The predicted molar refractivity (Wildman–Crippen MR) is 83.7 cm³/mol. The molecule has 0 unspecified atom stereocenters. The largest absolute Gasteiger partial charge is 0.377 e. The summed E-state index contributed by atoms with van der Waals surface area (Å²) in [5, 5.41) is 11.8. The zero-order valence-electron chi connectivity index (χ0n) is 12.6. The third-order valence-corrected chi connectivity index (χ3v) is 3.78. The zero-order chi connectivity index (χ0) is 15.5. The van der Waals surface area contributed by atoms with Gasteiger partial charge in [-0.05, 0) is 23.1 Å². The van der Waals surface area contributed by atoms with Crippen LogP contribution < -0.4 is 5.32 Å². The second-order valence-electron chi connectivity index (χ2n) is 5.72.